The predicted octanol–water partition coefficient (Wildman–Crippen LogP) is 4.33. The molecule has 4 nitrogen and oxygen atoms in total. The molecule has 2 aliphatic carbocycles. The van der Waals surface area contributed by atoms with E-state index in [2.05, 4.69) is 37.3 Å². The zero-order chi connectivity index (χ0) is 17.1. The Morgan fingerprint density at radius 1 is 1.28 bits per heavy atom. The van der Waals surface area contributed by atoms with E-state index < -0.39 is 0 Å². The summed E-state index contributed by atoms with van der Waals surface area (Å²) in [5.41, 5.74) is 9.52. The normalized spacial score (nSPS) is 25.1. The van der Waals surface area contributed by atoms with E-state index in [0.717, 1.165) is 36.0 Å². The smallest absolute Gasteiger partial charge is 0.201 e. The van der Waals surface area contributed by atoms with Gasteiger partial charge in [-0.2, -0.15) is 0 Å². The third-order valence-electron chi connectivity index (χ3n) is 6.59. The molecule has 0 fully saturated rings. The summed E-state index contributed by atoms with van der Waals surface area (Å²) in [7, 11) is 2.11. The molecule has 0 radical (unpaired) electrons. The number of hydrogen-bond acceptors (Lipinski definition) is 4. The lowest BCUT2D eigenvalue weighted by Gasteiger charge is -2.35. The van der Waals surface area contributed by atoms with Crippen LogP contribution in [0.15, 0.2) is 16.3 Å². The van der Waals surface area contributed by atoms with Gasteiger partial charge in [0.2, 0.25) is 5.89 Å². The Labute approximate surface area is 149 Å². The first-order valence-electron chi connectivity index (χ1n) is 9.71. The summed E-state index contributed by atoms with van der Waals surface area (Å²) in [6, 6.07) is 0. The van der Waals surface area contributed by atoms with Crippen LogP contribution in [-0.4, -0.2) is 23.6 Å². The van der Waals surface area contributed by atoms with Crippen molar-refractivity contribution in [2.75, 3.05) is 13.7 Å². The van der Waals surface area contributed by atoms with Crippen molar-refractivity contribution in [3.63, 3.8) is 0 Å². The van der Waals surface area contributed by atoms with Gasteiger partial charge >= 0.3 is 0 Å². The summed E-state index contributed by atoms with van der Waals surface area (Å²) in [5.74, 6) is 2.19. The van der Waals surface area contributed by atoms with Gasteiger partial charge in [-0.25, -0.2) is 4.98 Å². The Balaban J connectivity index is 1.68. The predicted molar refractivity (Wildman–Crippen MR) is 99.6 cm³/mol. The largest absolute Gasteiger partial charge is 0.440 e. The van der Waals surface area contributed by atoms with Crippen LogP contribution in [-0.2, 0) is 12.8 Å². The molecule has 0 saturated heterocycles. The van der Waals surface area contributed by atoms with Crippen molar-refractivity contribution < 1.29 is 4.42 Å². The van der Waals surface area contributed by atoms with Crippen LogP contribution in [0.4, 0.5) is 0 Å². The van der Waals surface area contributed by atoms with Crippen molar-refractivity contribution in [1.82, 2.24) is 15.2 Å². The van der Waals surface area contributed by atoms with Crippen LogP contribution in [0.5, 0.6) is 0 Å². The van der Waals surface area contributed by atoms with Crippen molar-refractivity contribution in [1.29, 1.82) is 0 Å². The Morgan fingerprint density at radius 3 is 2.96 bits per heavy atom. The lowest BCUT2D eigenvalue weighted by atomic mass is 9.69. The number of aryl methyl sites for hydroxylation is 1. The highest BCUT2D eigenvalue weighted by Crippen LogP contribution is 2.49. The van der Waals surface area contributed by atoms with Crippen LogP contribution in [0.1, 0.15) is 72.6 Å². The van der Waals surface area contributed by atoms with Crippen molar-refractivity contribution in [3.8, 4) is 0 Å². The van der Waals surface area contributed by atoms with Gasteiger partial charge in [0.05, 0.1) is 13.1 Å². The number of oxazole rings is 1. The molecule has 5 rings (SSSR count). The molecule has 132 valence electrons. The molecule has 2 atom stereocenters. The Hall–Kier alpha value is -1.97. The van der Waals surface area contributed by atoms with Crippen molar-refractivity contribution in [3.05, 3.63) is 40.0 Å². The Morgan fingerprint density at radius 2 is 2.16 bits per heavy atom. The number of likely N-dealkylation sites (N-methyl/N-ethyl adjacent to an activating group) is 1. The molecule has 0 saturated carbocycles. The molecule has 25 heavy (non-hydrogen) atoms. The van der Waals surface area contributed by atoms with Gasteiger partial charge < -0.3 is 14.6 Å². The summed E-state index contributed by atoms with van der Waals surface area (Å²) in [6.07, 6.45) is 9.36. The number of nitrogens with zero attached hydrogens (tertiary/aromatic N) is 2. The molecular weight excluding hydrogens is 310 g/mol. The minimum Gasteiger partial charge on any atom is -0.440 e. The van der Waals surface area contributed by atoms with E-state index in [1.54, 1.807) is 11.1 Å². The van der Waals surface area contributed by atoms with E-state index >= 15 is 0 Å². The molecule has 4 heteroatoms. The highest BCUT2D eigenvalue weighted by molar-refractivity contribution is 5.84. The first-order chi connectivity index (χ1) is 12.1. The number of aromatic nitrogens is 1. The first-order valence-corrected chi connectivity index (χ1v) is 9.71. The molecular formula is C21H27N3O. The summed E-state index contributed by atoms with van der Waals surface area (Å²) in [5, 5.41) is 3.27. The number of rotatable bonds is 2. The molecule has 2 aromatic rings. The standard InChI is InChI=1S/C21H27N3O/c1-12-7-8-14-5-4-6-16-13(2)20-21(18(12)19(14)16)25-17(23-20)9-15-10-22-11-24(15)3/h10,12,14,22H,4-9,11H2,1-3H3/t12-,14?/m0/s1. The van der Waals surface area contributed by atoms with E-state index in [1.165, 1.54) is 48.9 Å². The minimum atomic E-state index is 0.585. The molecule has 1 N–H and O–H groups in total. The van der Waals surface area contributed by atoms with Crippen LogP contribution in [0.3, 0.4) is 0 Å². The molecule has 1 aliphatic heterocycles. The molecule has 1 unspecified atom stereocenters. The van der Waals surface area contributed by atoms with Crippen LogP contribution >= 0.6 is 0 Å². The molecule has 2 heterocycles. The summed E-state index contributed by atoms with van der Waals surface area (Å²) in [6.45, 7) is 5.50. The third kappa shape index (κ3) is 2.22. The lowest BCUT2D eigenvalue weighted by Crippen LogP contribution is -2.20. The zero-order valence-electron chi connectivity index (χ0n) is 15.5. The van der Waals surface area contributed by atoms with E-state index in [0.29, 0.717) is 5.92 Å². The van der Waals surface area contributed by atoms with Gasteiger partial charge in [-0.05, 0) is 67.6 Å². The molecule has 0 bridgehead atoms. The second-order valence-corrected chi connectivity index (χ2v) is 8.16. The fourth-order valence-electron chi connectivity index (χ4n) is 5.19. The van der Waals surface area contributed by atoms with E-state index in [-0.39, 0.29) is 0 Å². The summed E-state index contributed by atoms with van der Waals surface area (Å²) in [4.78, 5) is 7.17. The topological polar surface area (TPSA) is 41.3 Å². The third-order valence-corrected chi connectivity index (χ3v) is 6.59. The van der Waals surface area contributed by atoms with E-state index in [1.807, 2.05) is 0 Å². The van der Waals surface area contributed by atoms with Gasteiger partial charge in [-0.3, -0.25) is 0 Å². The molecule has 0 amide bonds. The number of nitrogens with one attached hydrogen (secondary N) is 1. The average molecular weight is 337 g/mol. The second kappa shape index (κ2) is 5.52. The first kappa shape index (κ1) is 15.3. The lowest BCUT2D eigenvalue weighted by molar-refractivity contribution is 0.416. The van der Waals surface area contributed by atoms with Crippen molar-refractivity contribution in [2.45, 2.75) is 64.2 Å². The van der Waals surface area contributed by atoms with Gasteiger partial charge in [0.1, 0.15) is 5.52 Å². The van der Waals surface area contributed by atoms with Gasteiger partial charge in [-0.1, -0.05) is 6.92 Å². The quantitative estimate of drug-likeness (QED) is 0.885. The molecule has 0 spiro atoms. The fourth-order valence-corrected chi connectivity index (χ4v) is 5.19. The number of fused-ring (bicyclic) bond motifs is 2. The SMILES string of the molecule is Cc1c2c3c(c4oc(CC5=CNCN5C)nc14)[C@@H](C)CCC3CCC2. The fraction of sp³-hybridized carbons (Fsp3) is 0.571. The van der Waals surface area contributed by atoms with Crippen molar-refractivity contribution >= 4 is 11.1 Å². The van der Waals surface area contributed by atoms with Gasteiger partial charge in [0.25, 0.3) is 0 Å². The zero-order valence-corrected chi connectivity index (χ0v) is 15.5. The van der Waals surface area contributed by atoms with Crippen molar-refractivity contribution in [2.24, 2.45) is 0 Å². The van der Waals surface area contributed by atoms with Gasteiger partial charge in [0.15, 0.2) is 5.58 Å². The maximum absolute atomic E-state index is 6.39. The van der Waals surface area contributed by atoms with Crippen LogP contribution in [0.2, 0.25) is 0 Å². The Kier molecular flexibility index (Phi) is 3.37. The van der Waals surface area contributed by atoms with E-state index in [9.17, 15) is 0 Å². The maximum Gasteiger partial charge on any atom is 0.201 e. The van der Waals surface area contributed by atoms with Gasteiger partial charge in [0, 0.05) is 24.5 Å². The minimum absolute atomic E-state index is 0.585. The summed E-state index contributed by atoms with van der Waals surface area (Å²) < 4.78 is 6.39. The number of allylic oxidation sites excluding steroid dienone is 1. The highest BCUT2D eigenvalue weighted by atomic mass is 16.3. The number of hydrogen-bond donors (Lipinski definition) is 1. The highest BCUT2D eigenvalue weighted by Gasteiger charge is 2.34. The second-order valence-electron chi connectivity index (χ2n) is 8.16. The summed E-state index contributed by atoms with van der Waals surface area (Å²) >= 11 is 0. The van der Waals surface area contributed by atoms with Crippen LogP contribution in [0.25, 0.3) is 11.1 Å². The number of benzene rings is 1. The van der Waals surface area contributed by atoms with Gasteiger partial charge in [-0.15, -0.1) is 0 Å². The van der Waals surface area contributed by atoms with E-state index in [4.69, 9.17) is 9.40 Å². The van der Waals surface area contributed by atoms with Crippen LogP contribution in [0, 0.1) is 6.92 Å². The molecule has 1 aromatic carbocycles. The Bertz CT molecular complexity index is 879. The molecule has 1 aromatic heterocycles. The van der Waals surface area contributed by atoms with Crippen LogP contribution < -0.4 is 5.32 Å². The maximum atomic E-state index is 6.39. The molecule has 3 aliphatic rings. The monoisotopic (exact) mass is 337 g/mol. The average Bonchev–Trinajstić information content (AvgIpc) is 3.20.